The van der Waals surface area contributed by atoms with Gasteiger partial charge in [0, 0.05) is 57.3 Å². The van der Waals surface area contributed by atoms with Crippen molar-refractivity contribution in [2.45, 2.75) is 23.8 Å². The first-order valence-corrected chi connectivity index (χ1v) is 11.5. The van der Waals surface area contributed by atoms with Crippen LogP contribution in [-0.4, -0.2) is 94.2 Å². The molecule has 0 atom stereocenters. The van der Waals surface area contributed by atoms with Crippen LogP contribution in [0.25, 0.3) is 0 Å². The molecule has 7 nitrogen and oxygen atoms in total. The van der Waals surface area contributed by atoms with Crippen LogP contribution in [0.5, 0.6) is 0 Å². The van der Waals surface area contributed by atoms with E-state index in [1.807, 2.05) is 4.90 Å². The van der Waals surface area contributed by atoms with Gasteiger partial charge in [0.1, 0.15) is 0 Å². The quantitative estimate of drug-likeness (QED) is 0.794. The first kappa shape index (κ1) is 20.1. The topological polar surface area (TPSA) is 73.0 Å². The Labute approximate surface area is 162 Å². The van der Waals surface area contributed by atoms with Crippen molar-refractivity contribution in [2.24, 2.45) is 0 Å². The van der Waals surface area contributed by atoms with Crippen molar-refractivity contribution < 1.29 is 13.2 Å². The molecule has 1 aromatic carbocycles. The molecule has 0 bridgehead atoms. The zero-order valence-electron chi connectivity index (χ0n) is 16.2. The Balaban J connectivity index is 1.44. The maximum atomic E-state index is 12.5. The van der Waals surface area contributed by atoms with Crippen molar-refractivity contribution in [3.63, 3.8) is 0 Å². The normalized spacial score (nSPS) is 20.6. The molecule has 1 amide bonds. The van der Waals surface area contributed by atoms with E-state index in [2.05, 4.69) is 22.2 Å². The molecule has 8 heteroatoms. The van der Waals surface area contributed by atoms with Crippen molar-refractivity contribution in [1.29, 1.82) is 0 Å². The molecule has 0 saturated carbocycles. The highest BCUT2D eigenvalue weighted by Gasteiger charge is 2.25. The summed E-state index contributed by atoms with van der Waals surface area (Å²) in [5, 5.41) is 3.46. The van der Waals surface area contributed by atoms with Gasteiger partial charge < -0.3 is 15.1 Å². The zero-order chi connectivity index (χ0) is 19.4. The predicted molar refractivity (Wildman–Crippen MR) is 107 cm³/mol. The number of carbonyl (C=O) groups is 1. The number of nitrogens with zero attached hydrogens (tertiary/aromatic N) is 3. The highest BCUT2D eigenvalue weighted by Crippen LogP contribution is 2.19. The molecule has 0 aromatic heterocycles. The molecular weight excluding hydrogens is 364 g/mol. The molecule has 2 aliphatic heterocycles. The average Bonchev–Trinajstić information content (AvgIpc) is 2.64. The molecule has 1 N–H and O–H groups in total. The van der Waals surface area contributed by atoms with Crippen LogP contribution in [0.1, 0.15) is 12.8 Å². The Morgan fingerprint density at radius 3 is 2.19 bits per heavy atom. The molecule has 2 heterocycles. The average molecular weight is 395 g/mol. The van der Waals surface area contributed by atoms with E-state index in [-0.39, 0.29) is 5.91 Å². The van der Waals surface area contributed by atoms with Crippen LogP contribution >= 0.6 is 0 Å². The lowest BCUT2D eigenvalue weighted by Gasteiger charge is -2.36. The summed E-state index contributed by atoms with van der Waals surface area (Å²) < 4.78 is 23.1. The summed E-state index contributed by atoms with van der Waals surface area (Å²) in [6.45, 7) is 6.04. The fourth-order valence-electron chi connectivity index (χ4n) is 3.60. The third-order valence-electron chi connectivity index (χ3n) is 5.46. The fraction of sp³-hybridized carbons (Fsp3) is 0.632. The fourth-order valence-corrected chi connectivity index (χ4v) is 4.24. The highest BCUT2D eigenvalue weighted by atomic mass is 32.2. The second kappa shape index (κ2) is 8.58. The molecule has 3 rings (SSSR count). The number of sulfone groups is 1. The molecule has 0 unspecified atom stereocenters. The minimum atomic E-state index is -3.16. The lowest BCUT2D eigenvalue weighted by atomic mass is 10.0. The summed E-state index contributed by atoms with van der Waals surface area (Å²) in [7, 11) is -1.05. The van der Waals surface area contributed by atoms with E-state index in [9.17, 15) is 13.2 Å². The van der Waals surface area contributed by atoms with Gasteiger partial charge in [0.2, 0.25) is 5.91 Å². The Hall–Kier alpha value is -1.64. The third-order valence-corrected chi connectivity index (χ3v) is 6.58. The van der Waals surface area contributed by atoms with Crippen molar-refractivity contribution in [3.05, 3.63) is 24.3 Å². The summed E-state index contributed by atoms with van der Waals surface area (Å²) in [5.41, 5.74) is 0.921. The summed E-state index contributed by atoms with van der Waals surface area (Å²) in [6, 6.07) is 7.18. The van der Waals surface area contributed by atoms with Crippen molar-refractivity contribution in [1.82, 2.24) is 14.7 Å². The predicted octanol–water partition coefficient (Wildman–Crippen LogP) is 0.740. The Morgan fingerprint density at radius 1 is 1.04 bits per heavy atom. The number of nitrogens with one attached hydrogen (secondary N) is 1. The van der Waals surface area contributed by atoms with Crippen LogP contribution in [0.4, 0.5) is 5.69 Å². The second-order valence-corrected chi connectivity index (χ2v) is 9.69. The third kappa shape index (κ3) is 5.67. The lowest BCUT2D eigenvalue weighted by molar-refractivity contribution is -0.133. The zero-order valence-corrected chi connectivity index (χ0v) is 17.0. The number of hydrogen-bond donors (Lipinski definition) is 1. The van der Waals surface area contributed by atoms with Crippen LogP contribution < -0.4 is 5.32 Å². The van der Waals surface area contributed by atoms with E-state index in [1.165, 1.54) is 6.26 Å². The van der Waals surface area contributed by atoms with Crippen LogP contribution in [0.2, 0.25) is 0 Å². The number of likely N-dealkylation sites (tertiary alicyclic amines) is 1. The molecule has 27 heavy (non-hydrogen) atoms. The van der Waals surface area contributed by atoms with Crippen molar-refractivity contribution in [2.75, 3.05) is 64.4 Å². The summed E-state index contributed by atoms with van der Waals surface area (Å²) in [4.78, 5) is 19.4. The van der Waals surface area contributed by atoms with E-state index in [0.717, 1.165) is 57.8 Å². The molecule has 2 fully saturated rings. The SMILES string of the molecule is CN1CCN(CC(=O)N2CCC(Nc3ccc(S(C)(=O)=O)cc3)CC2)CC1. The van der Waals surface area contributed by atoms with E-state index >= 15 is 0 Å². The molecule has 150 valence electrons. The molecule has 0 spiro atoms. The van der Waals surface area contributed by atoms with Gasteiger partial charge >= 0.3 is 0 Å². The summed E-state index contributed by atoms with van der Waals surface area (Å²) in [6.07, 6.45) is 3.02. The number of amides is 1. The molecular formula is C19H30N4O3S. The number of benzene rings is 1. The largest absolute Gasteiger partial charge is 0.382 e. The van der Waals surface area contributed by atoms with Gasteiger partial charge in [-0.3, -0.25) is 9.69 Å². The smallest absolute Gasteiger partial charge is 0.236 e. The number of piperazine rings is 1. The molecule has 2 aliphatic rings. The van der Waals surface area contributed by atoms with Gasteiger partial charge in [-0.1, -0.05) is 0 Å². The lowest BCUT2D eigenvalue weighted by Crippen LogP contribution is -2.50. The van der Waals surface area contributed by atoms with Crippen LogP contribution in [0.15, 0.2) is 29.2 Å². The second-order valence-electron chi connectivity index (χ2n) is 7.68. The molecule has 0 radical (unpaired) electrons. The van der Waals surface area contributed by atoms with E-state index in [0.29, 0.717) is 17.5 Å². The Bertz CT molecular complexity index is 735. The first-order valence-electron chi connectivity index (χ1n) is 9.56. The summed E-state index contributed by atoms with van der Waals surface area (Å²) >= 11 is 0. The number of piperidine rings is 1. The van der Waals surface area contributed by atoms with E-state index in [1.54, 1.807) is 24.3 Å². The minimum absolute atomic E-state index is 0.232. The van der Waals surface area contributed by atoms with Gasteiger partial charge in [-0.25, -0.2) is 8.42 Å². The monoisotopic (exact) mass is 394 g/mol. The standard InChI is InChI=1S/C19H30N4O3S/c1-21-11-13-22(14-12-21)15-19(24)23-9-7-17(8-10-23)20-16-3-5-18(6-4-16)27(2,25)26/h3-6,17,20H,7-15H2,1-2H3. The summed E-state index contributed by atoms with van der Waals surface area (Å²) in [5.74, 6) is 0.232. The number of carbonyl (C=O) groups excluding carboxylic acids is 1. The Morgan fingerprint density at radius 2 is 1.63 bits per heavy atom. The number of likely N-dealkylation sites (N-methyl/N-ethyl adjacent to an activating group) is 1. The maximum Gasteiger partial charge on any atom is 0.236 e. The number of rotatable bonds is 5. The first-order chi connectivity index (χ1) is 12.8. The van der Waals surface area contributed by atoms with Gasteiger partial charge in [-0.2, -0.15) is 0 Å². The maximum absolute atomic E-state index is 12.5. The number of hydrogen-bond acceptors (Lipinski definition) is 6. The van der Waals surface area contributed by atoms with Gasteiger partial charge in [0.05, 0.1) is 11.4 Å². The molecule has 0 aliphatic carbocycles. The van der Waals surface area contributed by atoms with Crippen LogP contribution in [0, 0.1) is 0 Å². The highest BCUT2D eigenvalue weighted by molar-refractivity contribution is 7.90. The van der Waals surface area contributed by atoms with Gasteiger partial charge in [0.25, 0.3) is 0 Å². The van der Waals surface area contributed by atoms with Gasteiger partial charge in [-0.15, -0.1) is 0 Å². The van der Waals surface area contributed by atoms with E-state index < -0.39 is 9.84 Å². The van der Waals surface area contributed by atoms with E-state index in [4.69, 9.17) is 0 Å². The van der Waals surface area contributed by atoms with Crippen molar-refractivity contribution in [3.8, 4) is 0 Å². The Kier molecular flexibility index (Phi) is 6.39. The van der Waals surface area contributed by atoms with Crippen LogP contribution in [-0.2, 0) is 14.6 Å². The van der Waals surface area contributed by atoms with Gasteiger partial charge in [-0.05, 0) is 44.2 Å². The van der Waals surface area contributed by atoms with Gasteiger partial charge in [0.15, 0.2) is 9.84 Å². The molecule has 1 aromatic rings. The number of anilines is 1. The van der Waals surface area contributed by atoms with Crippen molar-refractivity contribution >= 4 is 21.4 Å². The minimum Gasteiger partial charge on any atom is -0.382 e. The molecule has 2 saturated heterocycles. The van der Waals surface area contributed by atoms with Crippen LogP contribution in [0.3, 0.4) is 0 Å².